The first kappa shape index (κ1) is 17.3. The highest BCUT2D eigenvalue weighted by Gasteiger charge is 2.46. The second kappa shape index (κ2) is 7.97. The molecule has 0 bridgehead atoms. The summed E-state index contributed by atoms with van der Waals surface area (Å²) >= 11 is 4.58. The van der Waals surface area contributed by atoms with Gasteiger partial charge in [-0.15, -0.1) is 11.8 Å². The van der Waals surface area contributed by atoms with E-state index in [1.54, 1.807) is 11.8 Å². The van der Waals surface area contributed by atoms with Crippen LogP contribution in [-0.4, -0.2) is 28.1 Å². The topological polar surface area (TPSA) is 39.2 Å². The molecule has 5 heteroatoms. The van der Waals surface area contributed by atoms with Crippen LogP contribution in [0, 0.1) is 0 Å². The number of rotatable bonds is 4. The summed E-state index contributed by atoms with van der Waals surface area (Å²) in [7, 11) is 0. The number of hydrogen-bond donors (Lipinski definition) is 0. The van der Waals surface area contributed by atoms with Crippen molar-refractivity contribution in [2.75, 3.05) is 12.4 Å². The molecule has 1 fully saturated rings. The number of benzene rings is 1. The summed E-state index contributed by atoms with van der Waals surface area (Å²) in [6.07, 6.45) is 4.69. The molecule has 1 aromatic heterocycles. The number of halogens is 1. The van der Waals surface area contributed by atoms with Crippen LogP contribution in [0.4, 0.5) is 0 Å². The van der Waals surface area contributed by atoms with E-state index < -0.39 is 0 Å². The highest BCUT2D eigenvalue weighted by Crippen LogP contribution is 2.49. The monoisotopic (exact) mass is 381 g/mol. The van der Waals surface area contributed by atoms with Crippen LogP contribution in [-0.2, 0) is 9.53 Å². The van der Waals surface area contributed by atoms with Gasteiger partial charge in [-0.05, 0) is 44.2 Å². The van der Waals surface area contributed by atoms with Gasteiger partial charge in [-0.3, -0.25) is 9.78 Å². The predicted octanol–water partition coefficient (Wildman–Crippen LogP) is 4.82. The molecule has 1 aliphatic carbocycles. The van der Waals surface area contributed by atoms with E-state index in [-0.39, 0.29) is 10.7 Å². The lowest BCUT2D eigenvalue weighted by atomic mass is 9.84. The third-order valence-electron chi connectivity index (χ3n) is 3.72. The van der Waals surface area contributed by atoms with E-state index >= 15 is 0 Å². The SMILES string of the molecule is CBr.CCOC(=O)C1(Sc2ccnc3ccccc23)CCC1. The third kappa shape index (κ3) is 3.46. The molecule has 1 aliphatic rings. The summed E-state index contributed by atoms with van der Waals surface area (Å²) in [6, 6.07) is 10.0. The molecule has 1 saturated carbocycles. The first-order valence-electron chi connectivity index (χ1n) is 7.33. The van der Waals surface area contributed by atoms with Crippen molar-refractivity contribution in [3.05, 3.63) is 36.5 Å². The molecule has 0 saturated heterocycles. The van der Waals surface area contributed by atoms with E-state index in [0.29, 0.717) is 6.61 Å². The number of carbonyl (C=O) groups excluding carboxylic acids is 1. The van der Waals surface area contributed by atoms with Crippen LogP contribution in [0.5, 0.6) is 0 Å². The number of alkyl halides is 1. The quantitative estimate of drug-likeness (QED) is 0.561. The van der Waals surface area contributed by atoms with Crippen molar-refractivity contribution in [1.29, 1.82) is 0 Å². The standard InChI is InChI=1S/C16H17NO2S.CH3Br/c1-2-19-15(18)16(9-5-10-16)20-14-8-11-17-13-7-4-3-6-12(13)14;1-2/h3-4,6-8,11H,2,5,9-10H2,1H3;1H3. The van der Waals surface area contributed by atoms with Crippen molar-refractivity contribution in [2.24, 2.45) is 0 Å². The van der Waals surface area contributed by atoms with Gasteiger partial charge < -0.3 is 4.74 Å². The van der Waals surface area contributed by atoms with E-state index in [0.717, 1.165) is 35.1 Å². The van der Waals surface area contributed by atoms with Crippen LogP contribution in [0.2, 0.25) is 0 Å². The highest BCUT2D eigenvalue weighted by atomic mass is 79.9. The summed E-state index contributed by atoms with van der Waals surface area (Å²) < 4.78 is 4.87. The number of fused-ring (bicyclic) bond motifs is 1. The van der Waals surface area contributed by atoms with Crippen LogP contribution in [0.1, 0.15) is 26.2 Å². The number of thioether (sulfide) groups is 1. The molecule has 1 aromatic carbocycles. The molecule has 0 unspecified atom stereocenters. The smallest absolute Gasteiger partial charge is 0.322 e. The van der Waals surface area contributed by atoms with Gasteiger partial charge in [-0.25, -0.2) is 0 Å². The van der Waals surface area contributed by atoms with Gasteiger partial charge in [0.25, 0.3) is 0 Å². The summed E-state index contributed by atoms with van der Waals surface area (Å²) in [5.41, 5.74) is 0.968. The van der Waals surface area contributed by atoms with E-state index in [9.17, 15) is 4.79 Å². The van der Waals surface area contributed by atoms with Crippen molar-refractivity contribution in [1.82, 2.24) is 4.98 Å². The Bertz CT molecular complexity index is 638. The molecule has 0 aliphatic heterocycles. The normalized spacial score (nSPS) is 15.4. The highest BCUT2D eigenvalue weighted by molar-refractivity contribution is 9.08. The number of ether oxygens (including phenoxy) is 1. The van der Waals surface area contributed by atoms with Crippen LogP contribution < -0.4 is 0 Å². The van der Waals surface area contributed by atoms with Gasteiger partial charge in [-0.2, -0.15) is 0 Å². The first-order chi connectivity index (χ1) is 10.7. The average Bonchev–Trinajstić information content (AvgIpc) is 2.53. The Kier molecular flexibility index (Phi) is 6.26. The molecule has 3 nitrogen and oxygen atoms in total. The lowest BCUT2D eigenvalue weighted by Crippen LogP contribution is -2.43. The van der Waals surface area contributed by atoms with Crippen molar-refractivity contribution in [2.45, 2.75) is 35.8 Å². The number of para-hydroxylation sites is 1. The van der Waals surface area contributed by atoms with E-state index in [1.165, 1.54) is 0 Å². The van der Waals surface area contributed by atoms with Crippen molar-refractivity contribution in [3.63, 3.8) is 0 Å². The molecule has 1 heterocycles. The van der Waals surface area contributed by atoms with Gasteiger partial charge in [0.1, 0.15) is 4.75 Å². The van der Waals surface area contributed by atoms with Crippen LogP contribution >= 0.6 is 27.7 Å². The average molecular weight is 382 g/mol. The molecule has 22 heavy (non-hydrogen) atoms. The molecule has 0 N–H and O–H groups in total. The maximum absolute atomic E-state index is 12.2. The molecule has 118 valence electrons. The Morgan fingerprint density at radius 3 is 2.68 bits per heavy atom. The Hall–Kier alpha value is -1.07. The Morgan fingerprint density at radius 2 is 2.05 bits per heavy atom. The molecule has 2 aromatic rings. The summed E-state index contributed by atoms with van der Waals surface area (Å²) in [5.74, 6) is 1.74. The second-order valence-corrected chi connectivity index (χ2v) is 6.42. The Morgan fingerprint density at radius 1 is 1.32 bits per heavy atom. The lowest BCUT2D eigenvalue weighted by Gasteiger charge is -2.38. The third-order valence-corrected chi connectivity index (χ3v) is 5.26. The van der Waals surface area contributed by atoms with E-state index in [1.807, 2.05) is 43.2 Å². The van der Waals surface area contributed by atoms with E-state index in [2.05, 4.69) is 27.0 Å². The number of nitrogens with zero attached hydrogens (tertiary/aromatic N) is 1. The minimum atomic E-state index is -0.389. The van der Waals surface area contributed by atoms with Gasteiger partial charge in [0, 0.05) is 16.5 Å². The van der Waals surface area contributed by atoms with Crippen molar-refractivity contribution >= 4 is 44.6 Å². The van der Waals surface area contributed by atoms with Gasteiger partial charge in [0.15, 0.2) is 0 Å². The zero-order valence-electron chi connectivity index (χ0n) is 12.8. The number of pyridine rings is 1. The summed E-state index contributed by atoms with van der Waals surface area (Å²) in [4.78, 5) is 17.7. The molecular formula is C17H20BrNO2S. The van der Waals surface area contributed by atoms with Gasteiger partial charge in [0.05, 0.1) is 12.1 Å². The van der Waals surface area contributed by atoms with Crippen LogP contribution in [0.3, 0.4) is 0 Å². The molecule has 0 spiro atoms. The summed E-state index contributed by atoms with van der Waals surface area (Å²) in [6.45, 7) is 2.30. The minimum Gasteiger partial charge on any atom is -0.465 e. The first-order valence-corrected chi connectivity index (χ1v) is 9.73. The summed E-state index contributed by atoms with van der Waals surface area (Å²) in [5, 5.41) is 1.11. The number of aromatic nitrogens is 1. The fourth-order valence-electron chi connectivity index (χ4n) is 2.48. The van der Waals surface area contributed by atoms with Crippen molar-refractivity contribution in [3.8, 4) is 0 Å². The molecule has 0 amide bonds. The Balaban J connectivity index is 0.000000847. The maximum atomic E-state index is 12.2. The lowest BCUT2D eigenvalue weighted by molar-refractivity contribution is -0.148. The van der Waals surface area contributed by atoms with Crippen LogP contribution in [0.25, 0.3) is 10.9 Å². The molecule has 3 rings (SSSR count). The van der Waals surface area contributed by atoms with E-state index in [4.69, 9.17) is 4.74 Å². The largest absolute Gasteiger partial charge is 0.465 e. The van der Waals surface area contributed by atoms with Gasteiger partial charge in [-0.1, -0.05) is 34.1 Å². The number of hydrogen-bond acceptors (Lipinski definition) is 4. The number of esters is 1. The number of carbonyl (C=O) groups is 1. The minimum absolute atomic E-state index is 0.0721. The molecular weight excluding hydrogens is 362 g/mol. The fraction of sp³-hybridized carbons (Fsp3) is 0.412. The Labute approximate surface area is 144 Å². The van der Waals surface area contributed by atoms with Crippen molar-refractivity contribution < 1.29 is 9.53 Å². The second-order valence-electron chi connectivity index (χ2n) is 5.00. The van der Waals surface area contributed by atoms with Gasteiger partial charge >= 0.3 is 5.97 Å². The molecule has 0 radical (unpaired) electrons. The fourth-order valence-corrected chi connectivity index (χ4v) is 3.94. The maximum Gasteiger partial charge on any atom is 0.322 e. The van der Waals surface area contributed by atoms with Crippen LogP contribution in [0.15, 0.2) is 41.4 Å². The zero-order valence-corrected chi connectivity index (χ0v) is 15.2. The zero-order chi connectivity index (χ0) is 16.0. The van der Waals surface area contributed by atoms with Gasteiger partial charge in [0.2, 0.25) is 0 Å². The predicted molar refractivity (Wildman–Crippen MR) is 95.7 cm³/mol. The molecule has 0 atom stereocenters.